The van der Waals surface area contributed by atoms with Gasteiger partial charge < -0.3 is 10.1 Å². The van der Waals surface area contributed by atoms with Crippen LogP contribution in [0.25, 0.3) is 0 Å². The van der Waals surface area contributed by atoms with Crippen molar-refractivity contribution in [2.75, 3.05) is 16.6 Å². The number of para-hydroxylation sites is 1. The number of rotatable bonds is 7. The van der Waals surface area contributed by atoms with Crippen molar-refractivity contribution >= 4 is 44.9 Å². The first-order valence-corrected chi connectivity index (χ1v) is 11.1. The first kappa shape index (κ1) is 22.3. The van der Waals surface area contributed by atoms with Crippen molar-refractivity contribution in [1.82, 2.24) is 0 Å². The molecule has 0 saturated carbocycles. The summed E-state index contributed by atoms with van der Waals surface area (Å²) in [6, 6.07) is 18.5. The molecule has 160 valence electrons. The van der Waals surface area contributed by atoms with Crippen LogP contribution in [0.15, 0.2) is 77.7 Å². The van der Waals surface area contributed by atoms with Gasteiger partial charge in [-0.2, -0.15) is 0 Å². The van der Waals surface area contributed by atoms with Gasteiger partial charge in [0, 0.05) is 16.9 Å². The Bertz CT molecular complexity index is 1200. The maximum atomic E-state index is 12.7. The summed E-state index contributed by atoms with van der Waals surface area (Å²) >= 11 is 6.09. The fraction of sp³-hybridized carbons (Fsp3) is 0.0909. The molecule has 1 amide bonds. The summed E-state index contributed by atoms with van der Waals surface area (Å²) in [6.45, 7) is 1.97. The first-order chi connectivity index (χ1) is 14.8. The fourth-order valence-electron chi connectivity index (χ4n) is 2.67. The molecule has 2 N–H and O–H groups in total. The van der Waals surface area contributed by atoms with Gasteiger partial charge in [0.25, 0.3) is 15.9 Å². The van der Waals surface area contributed by atoms with E-state index in [1.807, 2.05) is 0 Å². The number of esters is 1. The van der Waals surface area contributed by atoms with Crippen LogP contribution in [-0.2, 0) is 14.8 Å². The highest BCUT2D eigenvalue weighted by atomic mass is 35.5. The number of amides is 1. The Hall–Kier alpha value is -3.36. The Labute approximate surface area is 185 Å². The molecule has 0 spiro atoms. The number of hydrogen-bond donors (Lipinski definition) is 2. The highest BCUT2D eigenvalue weighted by Gasteiger charge is 2.20. The maximum absolute atomic E-state index is 12.7. The lowest BCUT2D eigenvalue weighted by atomic mass is 10.2. The van der Waals surface area contributed by atoms with Crippen LogP contribution in [0.3, 0.4) is 0 Å². The van der Waals surface area contributed by atoms with Crippen molar-refractivity contribution < 1.29 is 22.7 Å². The molecule has 7 nitrogen and oxygen atoms in total. The molecule has 0 heterocycles. The van der Waals surface area contributed by atoms with Crippen molar-refractivity contribution in [1.29, 1.82) is 0 Å². The highest BCUT2D eigenvalue weighted by Crippen LogP contribution is 2.25. The second-order valence-corrected chi connectivity index (χ2v) is 8.43. The van der Waals surface area contributed by atoms with Gasteiger partial charge >= 0.3 is 5.97 Å². The Morgan fingerprint density at radius 1 is 0.903 bits per heavy atom. The molecule has 0 fully saturated rings. The molecule has 3 aromatic rings. The molecular weight excluding hydrogens is 440 g/mol. The minimum Gasteiger partial charge on any atom is -0.462 e. The van der Waals surface area contributed by atoms with E-state index in [-0.39, 0.29) is 22.1 Å². The van der Waals surface area contributed by atoms with Gasteiger partial charge in [0.05, 0.1) is 17.2 Å². The molecule has 0 unspecified atom stereocenters. The summed E-state index contributed by atoms with van der Waals surface area (Å²) in [5.41, 5.74) is 1.26. The Morgan fingerprint density at radius 3 is 2.19 bits per heavy atom. The van der Waals surface area contributed by atoms with Gasteiger partial charge in [0.15, 0.2) is 0 Å². The maximum Gasteiger partial charge on any atom is 0.338 e. The van der Waals surface area contributed by atoms with Gasteiger partial charge in [-0.25, -0.2) is 13.2 Å². The van der Waals surface area contributed by atoms with Gasteiger partial charge in [-0.05, 0) is 61.5 Å². The van der Waals surface area contributed by atoms with E-state index < -0.39 is 21.9 Å². The summed E-state index contributed by atoms with van der Waals surface area (Å²) in [5, 5.41) is 2.64. The van der Waals surface area contributed by atoms with Crippen molar-refractivity contribution in [3.05, 3.63) is 88.9 Å². The van der Waals surface area contributed by atoms with Gasteiger partial charge in [-0.1, -0.05) is 29.8 Å². The van der Waals surface area contributed by atoms with Crippen molar-refractivity contribution in [3.63, 3.8) is 0 Å². The van der Waals surface area contributed by atoms with Gasteiger partial charge in [-0.15, -0.1) is 0 Å². The summed E-state index contributed by atoms with van der Waals surface area (Å²) in [5.74, 6) is -0.990. The first-order valence-electron chi connectivity index (χ1n) is 9.26. The summed E-state index contributed by atoms with van der Waals surface area (Å²) in [4.78, 5) is 24.1. The molecule has 0 atom stereocenters. The number of halogens is 1. The topological polar surface area (TPSA) is 102 Å². The van der Waals surface area contributed by atoms with Crippen LogP contribution >= 0.6 is 11.6 Å². The van der Waals surface area contributed by atoms with Crippen molar-refractivity contribution in [2.24, 2.45) is 0 Å². The predicted molar refractivity (Wildman–Crippen MR) is 119 cm³/mol. The lowest BCUT2D eigenvalue weighted by Gasteiger charge is -2.11. The SMILES string of the molecule is CCOC(=O)c1ccc(NC(=O)c2ccc(Cl)c(S(=O)(=O)Nc3ccccc3)c2)cc1. The lowest BCUT2D eigenvalue weighted by Crippen LogP contribution is -2.16. The van der Waals surface area contributed by atoms with Gasteiger partial charge in [0.1, 0.15) is 4.90 Å². The third-order valence-electron chi connectivity index (χ3n) is 4.16. The van der Waals surface area contributed by atoms with E-state index in [9.17, 15) is 18.0 Å². The third-order valence-corrected chi connectivity index (χ3v) is 6.03. The number of hydrogen-bond acceptors (Lipinski definition) is 5. The third kappa shape index (κ3) is 5.62. The molecule has 0 bridgehead atoms. The van der Waals surface area contributed by atoms with Crippen LogP contribution < -0.4 is 10.0 Å². The molecule has 9 heteroatoms. The molecule has 0 aliphatic carbocycles. The Balaban J connectivity index is 1.79. The number of anilines is 2. The molecule has 0 saturated heterocycles. The number of sulfonamides is 1. The predicted octanol–water partition coefficient (Wildman–Crippen LogP) is 4.57. The number of carbonyl (C=O) groups excluding carboxylic acids is 2. The molecule has 3 aromatic carbocycles. The molecule has 31 heavy (non-hydrogen) atoms. The normalized spacial score (nSPS) is 10.9. The van der Waals surface area contributed by atoms with Gasteiger partial charge in [0.2, 0.25) is 0 Å². The van der Waals surface area contributed by atoms with Crippen LogP contribution in [0.5, 0.6) is 0 Å². The zero-order chi connectivity index (χ0) is 22.4. The largest absolute Gasteiger partial charge is 0.462 e. The van der Waals surface area contributed by atoms with E-state index in [2.05, 4.69) is 10.0 Å². The van der Waals surface area contributed by atoms with E-state index in [1.165, 1.54) is 30.3 Å². The molecule has 0 aliphatic rings. The number of benzene rings is 3. The smallest absolute Gasteiger partial charge is 0.338 e. The van der Waals surface area contributed by atoms with Crippen molar-refractivity contribution in [3.8, 4) is 0 Å². The Kier molecular flexibility index (Phi) is 6.94. The molecular formula is C22H19ClN2O5S. The molecule has 0 aromatic heterocycles. The van der Waals surface area contributed by atoms with E-state index in [1.54, 1.807) is 49.4 Å². The minimum absolute atomic E-state index is 0.0150. The quantitative estimate of drug-likeness (QED) is 0.505. The highest BCUT2D eigenvalue weighted by molar-refractivity contribution is 7.92. The second kappa shape index (κ2) is 9.63. The van der Waals surface area contributed by atoms with Crippen LogP contribution in [-0.4, -0.2) is 26.9 Å². The second-order valence-electron chi connectivity index (χ2n) is 6.37. The van der Waals surface area contributed by atoms with E-state index in [4.69, 9.17) is 16.3 Å². The zero-order valence-corrected chi connectivity index (χ0v) is 18.0. The zero-order valence-electron chi connectivity index (χ0n) is 16.5. The summed E-state index contributed by atoms with van der Waals surface area (Å²) in [6.07, 6.45) is 0. The standard InChI is InChI=1S/C22H19ClN2O5S/c1-2-30-22(27)15-8-11-17(12-9-15)24-21(26)16-10-13-19(23)20(14-16)31(28,29)25-18-6-4-3-5-7-18/h3-14,25H,2H2,1H3,(H,24,26). The van der Waals surface area contributed by atoms with Crippen LogP contribution in [0.1, 0.15) is 27.6 Å². The van der Waals surface area contributed by atoms with Crippen LogP contribution in [0, 0.1) is 0 Å². The number of nitrogens with one attached hydrogen (secondary N) is 2. The fourth-order valence-corrected chi connectivity index (χ4v) is 4.26. The van der Waals surface area contributed by atoms with Gasteiger partial charge in [-0.3, -0.25) is 9.52 Å². The summed E-state index contributed by atoms with van der Waals surface area (Å²) in [7, 11) is -4.01. The number of ether oxygens (including phenoxy) is 1. The molecule has 0 radical (unpaired) electrons. The van der Waals surface area contributed by atoms with Crippen LogP contribution in [0.4, 0.5) is 11.4 Å². The molecule has 0 aliphatic heterocycles. The average Bonchev–Trinajstić information content (AvgIpc) is 2.75. The van der Waals surface area contributed by atoms with Crippen molar-refractivity contribution in [2.45, 2.75) is 11.8 Å². The Morgan fingerprint density at radius 2 is 1.55 bits per heavy atom. The average molecular weight is 459 g/mol. The van der Waals surface area contributed by atoms with E-state index in [0.29, 0.717) is 16.9 Å². The van der Waals surface area contributed by atoms with E-state index in [0.717, 1.165) is 0 Å². The lowest BCUT2D eigenvalue weighted by molar-refractivity contribution is 0.0526. The minimum atomic E-state index is -4.01. The van der Waals surface area contributed by atoms with E-state index >= 15 is 0 Å². The monoisotopic (exact) mass is 458 g/mol. The van der Waals surface area contributed by atoms with Crippen LogP contribution in [0.2, 0.25) is 5.02 Å². The summed E-state index contributed by atoms with van der Waals surface area (Å²) < 4.78 is 32.8. The number of carbonyl (C=O) groups is 2. The molecule has 3 rings (SSSR count).